The highest BCUT2D eigenvalue weighted by molar-refractivity contribution is 5.77. The zero-order chi connectivity index (χ0) is 16.1. The number of nitrogens with one attached hydrogen (secondary N) is 1. The fourth-order valence-electron chi connectivity index (χ4n) is 3.18. The van der Waals surface area contributed by atoms with Crippen LogP contribution in [0.1, 0.15) is 11.3 Å². The third kappa shape index (κ3) is 1.75. The van der Waals surface area contributed by atoms with Crippen LogP contribution in [-0.2, 0) is 6.42 Å². The van der Waals surface area contributed by atoms with Gasteiger partial charge in [-0.1, -0.05) is 0 Å². The van der Waals surface area contributed by atoms with E-state index < -0.39 is 0 Å². The van der Waals surface area contributed by atoms with Crippen molar-refractivity contribution in [3.63, 3.8) is 0 Å². The van der Waals surface area contributed by atoms with Crippen LogP contribution in [0.4, 0.5) is 0 Å². The quantitative estimate of drug-likeness (QED) is 0.541. The van der Waals surface area contributed by atoms with Crippen molar-refractivity contribution in [1.82, 2.24) is 24.7 Å². The smallest absolute Gasteiger partial charge is 0.246 e. The molecule has 7 nitrogen and oxygen atoms in total. The van der Waals surface area contributed by atoms with Crippen LogP contribution in [0.25, 0.3) is 28.5 Å². The number of rotatable bonds is 2. The van der Waals surface area contributed by atoms with E-state index in [0.29, 0.717) is 12.3 Å². The highest BCUT2D eigenvalue weighted by Gasteiger charge is 2.25. The number of ether oxygens (including phenoxy) is 1. The standard InChI is InChI=1S/C17H13N5O2/c1-23-11-2-3-13-12(7-11)15-10(8-20-21-15)6-14-16(19-9-22(13)14)17-18-4-5-24-17/h2-5,7-9H,6H2,1H3,(H,20,21). The van der Waals surface area contributed by atoms with Gasteiger partial charge in [-0.15, -0.1) is 0 Å². The van der Waals surface area contributed by atoms with Crippen molar-refractivity contribution in [3.05, 3.63) is 54.4 Å². The molecule has 1 N–H and O–H groups in total. The minimum atomic E-state index is 0.519. The lowest BCUT2D eigenvalue weighted by Gasteiger charge is -2.11. The van der Waals surface area contributed by atoms with E-state index in [-0.39, 0.29) is 0 Å². The summed E-state index contributed by atoms with van der Waals surface area (Å²) in [4.78, 5) is 8.76. The molecule has 0 radical (unpaired) electrons. The molecule has 3 aromatic heterocycles. The summed E-state index contributed by atoms with van der Waals surface area (Å²) in [5.74, 6) is 1.32. The Bertz CT molecular complexity index is 1030. The topological polar surface area (TPSA) is 81.8 Å². The summed E-state index contributed by atoms with van der Waals surface area (Å²) in [6, 6.07) is 5.97. The molecule has 7 heteroatoms. The molecule has 0 saturated heterocycles. The maximum Gasteiger partial charge on any atom is 0.246 e. The van der Waals surface area contributed by atoms with Gasteiger partial charge in [0, 0.05) is 17.5 Å². The second kappa shape index (κ2) is 4.82. The molecule has 0 aliphatic carbocycles. The number of fused-ring (bicyclic) bond motifs is 5. The second-order valence-electron chi connectivity index (χ2n) is 5.58. The zero-order valence-corrected chi connectivity index (χ0v) is 12.9. The van der Waals surface area contributed by atoms with Crippen LogP contribution < -0.4 is 4.74 Å². The Labute approximate surface area is 136 Å². The SMILES string of the molecule is COc1ccc2c(c1)-c1[nH]ncc1Cc1c(-c3ncco3)ncn1-2. The van der Waals surface area contributed by atoms with Gasteiger partial charge in [0.15, 0.2) is 0 Å². The number of oxazole rings is 1. The number of imidazole rings is 1. The Morgan fingerprint density at radius 2 is 2.25 bits per heavy atom. The number of hydrogen-bond acceptors (Lipinski definition) is 5. The Hall–Kier alpha value is -3.35. The van der Waals surface area contributed by atoms with Crippen molar-refractivity contribution in [1.29, 1.82) is 0 Å². The molecular formula is C17H13N5O2. The van der Waals surface area contributed by atoms with Gasteiger partial charge in [0.1, 0.15) is 24.0 Å². The molecule has 4 heterocycles. The van der Waals surface area contributed by atoms with Crippen LogP contribution in [0.5, 0.6) is 5.75 Å². The molecule has 0 fully saturated rings. The predicted octanol–water partition coefficient (Wildman–Crippen LogP) is 2.83. The summed E-state index contributed by atoms with van der Waals surface area (Å²) in [5, 5.41) is 7.32. The minimum Gasteiger partial charge on any atom is -0.497 e. The molecule has 1 aliphatic heterocycles. The van der Waals surface area contributed by atoms with Gasteiger partial charge in [-0.25, -0.2) is 9.97 Å². The third-order valence-electron chi connectivity index (χ3n) is 4.31. The normalized spacial score (nSPS) is 12.2. The monoisotopic (exact) mass is 319 g/mol. The summed E-state index contributed by atoms with van der Waals surface area (Å²) in [5.41, 5.74) is 5.89. The molecule has 0 atom stereocenters. The van der Waals surface area contributed by atoms with Crippen LogP contribution in [0.15, 0.2) is 47.6 Å². The molecule has 0 unspecified atom stereocenters. The molecule has 1 aromatic carbocycles. The maximum absolute atomic E-state index is 5.45. The van der Waals surface area contributed by atoms with Gasteiger partial charge >= 0.3 is 0 Å². The Kier molecular flexibility index (Phi) is 2.64. The number of benzene rings is 1. The lowest BCUT2D eigenvalue weighted by Crippen LogP contribution is -2.00. The van der Waals surface area contributed by atoms with Crippen molar-refractivity contribution in [2.75, 3.05) is 7.11 Å². The average Bonchev–Trinajstić information content (AvgIpc) is 3.34. The van der Waals surface area contributed by atoms with Crippen LogP contribution >= 0.6 is 0 Å². The molecule has 0 spiro atoms. The molecule has 1 aliphatic rings. The summed E-state index contributed by atoms with van der Waals surface area (Å²) in [6.45, 7) is 0. The van der Waals surface area contributed by atoms with Crippen molar-refractivity contribution >= 4 is 0 Å². The van der Waals surface area contributed by atoms with Gasteiger partial charge < -0.3 is 13.7 Å². The highest BCUT2D eigenvalue weighted by atomic mass is 16.5. The van der Waals surface area contributed by atoms with Crippen molar-refractivity contribution < 1.29 is 9.15 Å². The molecular weight excluding hydrogens is 306 g/mol. The molecule has 0 saturated carbocycles. The van der Waals surface area contributed by atoms with E-state index in [9.17, 15) is 0 Å². The lowest BCUT2D eigenvalue weighted by molar-refractivity contribution is 0.415. The van der Waals surface area contributed by atoms with E-state index in [1.54, 1.807) is 25.9 Å². The first kappa shape index (κ1) is 13.1. The number of aromatic amines is 1. The fourth-order valence-corrected chi connectivity index (χ4v) is 3.18. The predicted molar refractivity (Wildman–Crippen MR) is 86.0 cm³/mol. The Balaban J connectivity index is 1.81. The van der Waals surface area contributed by atoms with E-state index >= 15 is 0 Å². The summed E-state index contributed by atoms with van der Waals surface area (Å²) in [7, 11) is 1.66. The van der Waals surface area contributed by atoms with Gasteiger partial charge in [-0.2, -0.15) is 5.10 Å². The van der Waals surface area contributed by atoms with Gasteiger partial charge in [0.05, 0.1) is 36.6 Å². The van der Waals surface area contributed by atoms with E-state index in [1.165, 1.54) is 0 Å². The van der Waals surface area contributed by atoms with E-state index in [4.69, 9.17) is 9.15 Å². The van der Waals surface area contributed by atoms with Crippen molar-refractivity contribution in [3.8, 4) is 34.3 Å². The number of methoxy groups -OCH3 is 1. The first-order chi connectivity index (χ1) is 11.8. The molecule has 0 amide bonds. The average molecular weight is 319 g/mol. The summed E-state index contributed by atoms with van der Waals surface area (Å²) < 4.78 is 12.9. The highest BCUT2D eigenvalue weighted by Crippen LogP contribution is 2.38. The lowest BCUT2D eigenvalue weighted by atomic mass is 10.0. The van der Waals surface area contributed by atoms with Gasteiger partial charge in [0.25, 0.3) is 0 Å². The summed E-state index contributed by atoms with van der Waals surface area (Å²) in [6.07, 6.45) is 7.51. The van der Waals surface area contributed by atoms with Crippen LogP contribution in [0.3, 0.4) is 0 Å². The van der Waals surface area contributed by atoms with E-state index in [2.05, 4.69) is 24.7 Å². The third-order valence-corrected chi connectivity index (χ3v) is 4.31. The number of hydrogen-bond donors (Lipinski definition) is 1. The second-order valence-corrected chi connectivity index (χ2v) is 5.58. The largest absolute Gasteiger partial charge is 0.497 e. The number of aromatic nitrogens is 5. The zero-order valence-electron chi connectivity index (χ0n) is 12.9. The molecule has 4 aromatic rings. The first-order valence-corrected chi connectivity index (χ1v) is 7.52. The Morgan fingerprint density at radius 3 is 3.08 bits per heavy atom. The molecule has 24 heavy (non-hydrogen) atoms. The first-order valence-electron chi connectivity index (χ1n) is 7.52. The van der Waals surface area contributed by atoms with Gasteiger partial charge in [-0.3, -0.25) is 5.10 Å². The van der Waals surface area contributed by atoms with Gasteiger partial charge in [0.2, 0.25) is 5.89 Å². The number of H-pyrrole nitrogens is 1. The van der Waals surface area contributed by atoms with Gasteiger partial charge in [-0.05, 0) is 18.2 Å². The fraction of sp³-hybridized carbons (Fsp3) is 0.118. The van der Waals surface area contributed by atoms with Crippen LogP contribution in [-0.4, -0.2) is 31.8 Å². The minimum absolute atomic E-state index is 0.519. The molecule has 118 valence electrons. The Morgan fingerprint density at radius 1 is 1.29 bits per heavy atom. The van der Waals surface area contributed by atoms with Crippen molar-refractivity contribution in [2.45, 2.75) is 6.42 Å². The maximum atomic E-state index is 5.45. The van der Waals surface area contributed by atoms with E-state index in [0.717, 1.165) is 39.6 Å². The summed E-state index contributed by atoms with van der Waals surface area (Å²) >= 11 is 0. The van der Waals surface area contributed by atoms with Crippen LogP contribution in [0, 0.1) is 0 Å². The molecule has 5 rings (SSSR count). The van der Waals surface area contributed by atoms with Crippen LogP contribution in [0.2, 0.25) is 0 Å². The number of nitrogens with zero attached hydrogens (tertiary/aromatic N) is 4. The van der Waals surface area contributed by atoms with E-state index in [1.807, 2.05) is 24.4 Å². The van der Waals surface area contributed by atoms with Crippen molar-refractivity contribution in [2.24, 2.45) is 0 Å². The molecule has 0 bridgehead atoms.